The Labute approximate surface area is 218 Å². The molecule has 0 aromatic carbocycles. The maximum Gasteiger partial charge on any atom is 0.236 e. The molecule has 0 radical (unpaired) electrons. The van der Waals surface area contributed by atoms with Crippen LogP contribution in [-0.2, 0) is 16.1 Å². The van der Waals surface area contributed by atoms with E-state index in [1.807, 2.05) is 23.6 Å². The van der Waals surface area contributed by atoms with E-state index in [9.17, 15) is 9.59 Å². The second kappa shape index (κ2) is 9.69. The lowest BCUT2D eigenvalue weighted by Gasteiger charge is -2.08. The van der Waals surface area contributed by atoms with Gasteiger partial charge in [-0.2, -0.15) is 0 Å². The van der Waals surface area contributed by atoms with Crippen molar-refractivity contribution in [2.75, 3.05) is 22.5 Å². The van der Waals surface area contributed by atoms with Gasteiger partial charge >= 0.3 is 0 Å². The molecule has 0 saturated heterocycles. The molecule has 5 N–H and O–H groups in total. The highest BCUT2D eigenvalue weighted by Gasteiger charge is 2.46. The number of anilines is 3. The van der Waals surface area contributed by atoms with Crippen molar-refractivity contribution in [2.45, 2.75) is 44.6 Å². The number of fused-ring (bicyclic) bond motifs is 1. The molecular formula is C26H28N10O2. The molecule has 12 heteroatoms. The van der Waals surface area contributed by atoms with E-state index >= 15 is 0 Å². The summed E-state index contributed by atoms with van der Waals surface area (Å²) in [6, 6.07) is 5.59. The van der Waals surface area contributed by atoms with Crippen molar-refractivity contribution in [1.82, 2.24) is 29.3 Å². The molecule has 4 aromatic heterocycles. The van der Waals surface area contributed by atoms with Crippen LogP contribution in [0.1, 0.15) is 53.9 Å². The molecule has 12 nitrogen and oxygen atoms in total. The maximum atomic E-state index is 12.7. The standard InChI is InChI=1S/C26H28N10O2/c1-14-4-5-28-24(33-14)18-7-19(18)26(38)35-23-8-22(31-13-32-23)30-9-17-12-36-11-16(15-2-3-15)6-20(25(36)34-17)29-10-21(27)37/h4-6,8,11-13,15,18-19,29H,2-3,7,9-10H2,1H3,(H2,27,37)(H2,30,31,32,35,38)/t18-,19-/m0/s1. The van der Waals surface area contributed by atoms with E-state index in [1.54, 1.807) is 12.3 Å². The largest absolute Gasteiger partial charge is 0.373 e. The molecule has 38 heavy (non-hydrogen) atoms. The Hall–Kier alpha value is -4.61. The Balaban J connectivity index is 1.11. The van der Waals surface area contributed by atoms with Crippen molar-refractivity contribution < 1.29 is 9.59 Å². The van der Waals surface area contributed by atoms with Gasteiger partial charge < -0.3 is 26.1 Å². The molecule has 2 aliphatic rings. The summed E-state index contributed by atoms with van der Waals surface area (Å²) in [6.07, 6.45) is 10.2. The molecule has 2 atom stereocenters. The summed E-state index contributed by atoms with van der Waals surface area (Å²) < 4.78 is 1.98. The predicted octanol–water partition coefficient (Wildman–Crippen LogP) is 2.35. The quantitative estimate of drug-likeness (QED) is 0.249. The van der Waals surface area contributed by atoms with Gasteiger partial charge in [0.25, 0.3) is 0 Å². The minimum atomic E-state index is -0.430. The number of aromatic nitrogens is 6. The van der Waals surface area contributed by atoms with Gasteiger partial charge in [0.05, 0.1) is 24.5 Å². The zero-order valence-corrected chi connectivity index (χ0v) is 20.9. The molecule has 0 unspecified atom stereocenters. The number of primary amides is 1. The summed E-state index contributed by atoms with van der Waals surface area (Å²) in [6.45, 7) is 2.37. The lowest BCUT2D eigenvalue weighted by atomic mass is 10.2. The van der Waals surface area contributed by atoms with Crippen LogP contribution >= 0.6 is 0 Å². The molecule has 0 aliphatic heterocycles. The number of rotatable bonds is 10. The SMILES string of the molecule is Cc1ccnc([C@H]2C[C@@H]2C(=O)Nc2cc(NCc3cn4cc(C5CC5)cc(NCC(N)=O)c4n3)ncn2)n1. The molecular weight excluding hydrogens is 484 g/mol. The van der Waals surface area contributed by atoms with Gasteiger partial charge in [-0.25, -0.2) is 24.9 Å². The number of imidazole rings is 1. The van der Waals surface area contributed by atoms with Crippen LogP contribution < -0.4 is 21.7 Å². The van der Waals surface area contributed by atoms with Crippen LogP contribution in [0.5, 0.6) is 0 Å². The minimum absolute atomic E-state index is 0.0344. The summed E-state index contributed by atoms with van der Waals surface area (Å²) in [5.41, 5.74) is 9.73. The highest BCUT2D eigenvalue weighted by molar-refractivity contribution is 5.94. The smallest absolute Gasteiger partial charge is 0.236 e. The Morgan fingerprint density at radius 3 is 2.71 bits per heavy atom. The number of amides is 2. The normalized spacial score (nSPS) is 18.2. The molecule has 2 aliphatic carbocycles. The Bertz CT molecular complexity index is 1530. The number of hydrogen-bond acceptors (Lipinski definition) is 9. The Morgan fingerprint density at radius 1 is 1.08 bits per heavy atom. The lowest BCUT2D eigenvalue weighted by Crippen LogP contribution is -2.22. The number of nitrogens with two attached hydrogens (primary N) is 1. The zero-order chi connectivity index (χ0) is 26.2. The maximum absolute atomic E-state index is 12.7. The van der Waals surface area contributed by atoms with Gasteiger partial charge in [0.15, 0.2) is 5.65 Å². The minimum Gasteiger partial charge on any atom is -0.373 e. The van der Waals surface area contributed by atoms with Crippen molar-refractivity contribution in [1.29, 1.82) is 0 Å². The first kappa shape index (κ1) is 23.8. The van der Waals surface area contributed by atoms with E-state index in [0.29, 0.717) is 29.9 Å². The van der Waals surface area contributed by atoms with E-state index < -0.39 is 5.91 Å². The predicted molar refractivity (Wildman–Crippen MR) is 140 cm³/mol. The van der Waals surface area contributed by atoms with Gasteiger partial charge in [-0.3, -0.25) is 9.59 Å². The average Bonchev–Trinajstić information content (AvgIpc) is 3.82. The summed E-state index contributed by atoms with van der Waals surface area (Å²) in [4.78, 5) is 46.0. The van der Waals surface area contributed by atoms with Crippen LogP contribution in [0.15, 0.2) is 43.1 Å². The van der Waals surface area contributed by atoms with Gasteiger partial charge in [0.1, 0.15) is 23.8 Å². The van der Waals surface area contributed by atoms with E-state index in [4.69, 9.17) is 10.7 Å². The highest BCUT2D eigenvalue weighted by atomic mass is 16.2. The number of carbonyl (C=O) groups is 2. The monoisotopic (exact) mass is 512 g/mol. The Kier molecular flexibility index (Phi) is 6.06. The van der Waals surface area contributed by atoms with Gasteiger partial charge in [-0.1, -0.05) is 0 Å². The number of pyridine rings is 1. The van der Waals surface area contributed by atoms with Crippen LogP contribution in [-0.4, -0.2) is 47.7 Å². The molecule has 2 fully saturated rings. The van der Waals surface area contributed by atoms with Gasteiger partial charge in [0, 0.05) is 42.2 Å². The molecule has 4 aromatic rings. The van der Waals surface area contributed by atoms with E-state index in [-0.39, 0.29) is 24.3 Å². The van der Waals surface area contributed by atoms with Crippen molar-refractivity contribution in [3.05, 3.63) is 65.9 Å². The molecule has 6 rings (SSSR count). The fraction of sp³-hybridized carbons (Fsp3) is 0.346. The zero-order valence-electron chi connectivity index (χ0n) is 20.9. The second-order valence-electron chi connectivity index (χ2n) is 9.88. The van der Waals surface area contributed by atoms with Crippen LogP contribution in [0, 0.1) is 12.8 Å². The number of carbonyl (C=O) groups excluding carboxylic acids is 2. The third-order valence-electron chi connectivity index (χ3n) is 6.77. The average molecular weight is 513 g/mol. The van der Waals surface area contributed by atoms with Gasteiger partial charge in [-0.15, -0.1) is 0 Å². The van der Waals surface area contributed by atoms with Crippen molar-refractivity contribution in [3.63, 3.8) is 0 Å². The number of aryl methyl sites for hydroxylation is 1. The van der Waals surface area contributed by atoms with Crippen LogP contribution in [0.3, 0.4) is 0 Å². The third kappa shape index (κ3) is 5.24. The van der Waals surface area contributed by atoms with Crippen LogP contribution in [0.2, 0.25) is 0 Å². The van der Waals surface area contributed by atoms with Crippen LogP contribution in [0.4, 0.5) is 17.3 Å². The summed E-state index contributed by atoms with van der Waals surface area (Å²) >= 11 is 0. The molecule has 4 heterocycles. The first-order valence-electron chi connectivity index (χ1n) is 12.6. The Morgan fingerprint density at radius 2 is 1.92 bits per heavy atom. The fourth-order valence-electron chi connectivity index (χ4n) is 4.55. The van der Waals surface area contributed by atoms with Gasteiger partial charge in [0.2, 0.25) is 11.8 Å². The number of nitrogens with zero attached hydrogens (tertiary/aromatic N) is 6. The first-order chi connectivity index (χ1) is 18.4. The summed E-state index contributed by atoms with van der Waals surface area (Å²) in [7, 11) is 0. The second-order valence-corrected chi connectivity index (χ2v) is 9.88. The van der Waals surface area contributed by atoms with E-state index in [0.717, 1.165) is 42.0 Å². The first-order valence-corrected chi connectivity index (χ1v) is 12.6. The summed E-state index contributed by atoms with van der Waals surface area (Å²) in [5, 5.41) is 9.23. The lowest BCUT2D eigenvalue weighted by molar-refractivity contribution is -0.117. The molecule has 0 bridgehead atoms. The van der Waals surface area contributed by atoms with Crippen LogP contribution in [0.25, 0.3) is 5.65 Å². The number of nitrogens with one attached hydrogen (secondary N) is 3. The highest BCUT2D eigenvalue weighted by Crippen LogP contribution is 2.46. The van der Waals surface area contributed by atoms with E-state index in [2.05, 4.69) is 48.1 Å². The molecule has 2 saturated carbocycles. The third-order valence-corrected chi connectivity index (χ3v) is 6.77. The molecule has 2 amide bonds. The summed E-state index contributed by atoms with van der Waals surface area (Å²) in [5.74, 6) is 1.57. The van der Waals surface area contributed by atoms with Crippen molar-refractivity contribution >= 4 is 34.8 Å². The van der Waals surface area contributed by atoms with Gasteiger partial charge in [-0.05, 0) is 49.8 Å². The van der Waals surface area contributed by atoms with Crippen molar-refractivity contribution in [3.8, 4) is 0 Å². The molecule has 194 valence electrons. The van der Waals surface area contributed by atoms with E-state index in [1.165, 1.54) is 11.9 Å². The fourth-order valence-corrected chi connectivity index (χ4v) is 4.55. The molecule has 0 spiro atoms. The van der Waals surface area contributed by atoms with Crippen molar-refractivity contribution in [2.24, 2.45) is 11.7 Å². The topological polar surface area (TPSA) is 165 Å². The number of hydrogen-bond donors (Lipinski definition) is 4.